The fourth-order valence-corrected chi connectivity index (χ4v) is 1.60. The number of hydrogen-bond donors (Lipinski definition) is 2. The van der Waals surface area contributed by atoms with Gasteiger partial charge in [-0.2, -0.15) is 4.98 Å². The summed E-state index contributed by atoms with van der Waals surface area (Å²) in [5.41, 5.74) is 5.62. The third-order valence-electron chi connectivity index (χ3n) is 2.57. The van der Waals surface area contributed by atoms with Gasteiger partial charge in [0.1, 0.15) is 10.4 Å². The Morgan fingerprint density at radius 1 is 1.47 bits per heavy atom. The van der Waals surface area contributed by atoms with Gasteiger partial charge in [-0.05, 0) is 28.8 Å². The van der Waals surface area contributed by atoms with Crippen LogP contribution in [-0.4, -0.2) is 16.0 Å². The Morgan fingerprint density at radius 2 is 2.13 bits per heavy atom. The molecule has 0 aliphatic carbocycles. The Labute approximate surface area is 98.8 Å². The maximum absolute atomic E-state index is 5.62. The normalized spacial score (nSPS) is 14.7. The van der Waals surface area contributed by atoms with Gasteiger partial charge in [-0.3, -0.25) is 0 Å². The van der Waals surface area contributed by atoms with Crippen LogP contribution in [0, 0.1) is 5.92 Å². The first-order chi connectivity index (χ1) is 7.02. The van der Waals surface area contributed by atoms with E-state index in [2.05, 4.69) is 52.0 Å². The van der Waals surface area contributed by atoms with Crippen molar-refractivity contribution < 1.29 is 0 Å². The van der Waals surface area contributed by atoms with Gasteiger partial charge in [0.25, 0.3) is 0 Å². The molecule has 0 saturated carbocycles. The van der Waals surface area contributed by atoms with Gasteiger partial charge in [-0.1, -0.05) is 20.3 Å². The molecule has 2 unspecified atom stereocenters. The van der Waals surface area contributed by atoms with E-state index in [4.69, 9.17) is 5.73 Å². The molecule has 0 aromatic carbocycles. The molecule has 0 aliphatic heterocycles. The van der Waals surface area contributed by atoms with Crippen molar-refractivity contribution in [3.05, 3.63) is 10.7 Å². The number of aromatic nitrogens is 2. The highest BCUT2D eigenvalue weighted by Crippen LogP contribution is 2.15. The smallest absolute Gasteiger partial charge is 0.225 e. The monoisotopic (exact) mass is 272 g/mol. The van der Waals surface area contributed by atoms with E-state index >= 15 is 0 Å². The SMILES string of the molecule is CCC(C)C(C)Nc1nc(N)cc(Br)n1. The molecule has 15 heavy (non-hydrogen) atoms. The van der Waals surface area contributed by atoms with Crippen LogP contribution >= 0.6 is 15.9 Å². The fraction of sp³-hybridized carbons (Fsp3) is 0.600. The molecule has 1 aromatic heterocycles. The second-order valence-corrected chi connectivity index (χ2v) is 4.57. The molecule has 0 radical (unpaired) electrons. The summed E-state index contributed by atoms with van der Waals surface area (Å²) in [7, 11) is 0. The molecule has 0 saturated heterocycles. The van der Waals surface area contributed by atoms with Crippen LogP contribution in [0.3, 0.4) is 0 Å². The van der Waals surface area contributed by atoms with Gasteiger partial charge in [0, 0.05) is 12.1 Å². The first kappa shape index (κ1) is 12.2. The average Bonchev–Trinajstić information content (AvgIpc) is 2.14. The van der Waals surface area contributed by atoms with Crippen molar-refractivity contribution >= 4 is 27.7 Å². The minimum absolute atomic E-state index is 0.337. The van der Waals surface area contributed by atoms with E-state index in [-0.39, 0.29) is 0 Å². The van der Waals surface area contributed by atoms with Gasteiger partial charge in [-0.15, -0.1) is 0 Å². The van der Waals surface area contributed by atoms with E-state index in [9.17, 15) is 0 Å². The standard InChI is InChI=1S/C10H17BrN4/c1-4-6(2)7(3)13-10-14-8(11)5-9(12)15-10/h5-7H,4H2,1-3H3,(H3,12,13,14,15). The van der Waals surface area contributed by atoms with Gasteiger partial charge in [0.2, 0.25) is 5.95 Å². The van der Waals surface area contributed by atoms with E-state index in [0.29, 0.717) is 28.3 Å². The van der Waals surface area contributed by atoms with Gasteiger partial charge in [0.05, 0.1) is 0 Å². The molecule has 3 N–H and O–H groups in total. The second-order valence-electron chi connectivity index (χ2n) is 3.76. The number of nitrogens with one attached hydrogen (secondary N) is 1. The van der Waals surface area contributed by atoms with E-state index < -0.39 is 0 Å². The van der Waals surface area contributed by atoms with Crippen LogP contribution in [0.5, 0.6) is 0 Å². The highest BCUT2D eigenvalue weighted by molar-refractivity contribution is 9.10. The molecular formula is C10H17BrN4. The summed E-state index contributed by atoms with van der Waals surface area (Å²) >= 11 is 3.29. The molecule has 2 atom stereocenters. The molecule has 4 nitrogen and oxygen atoms in total. The first-order valence-electron chi connectivity index (χ1n) is 5.09. The minimum Gasteiger partial charge on any atom is -0.383 e. The molecule has 0 aliphatic rings. The zero-order valence-electron chi connectivity index (χ0n) is 9.29. The van der Waals surface area contributed by atoms with Crippen LogP contribution in [0.4, 0.5) is 11.8 Å². The number of nitrogens with two attached hydrogens (primary N) is 1. The fourth-order valence-electron chi connectivity index (χ4n) is 1.20. The maximum atomic E-state index is 5.62. The van der Waals surface area contributed by atoms with E-state index in [1.165, 1.54) is 0 Å². The molecule has 0 amide bonds. The Balaban J connectivity index is 2.72. The molecule has 1 heterocycles. The number of hydrogen-bond acceptors (Lipinski definition) is 4. The lowest BCUT2D eigenvalue weighted by atomic mass is 10.0. The van der Waals surface area contributed by atoms with Crippen LogP contribution < -0.4 is 11.1 Å². The Hall–Kier alpha value is -0.840. The summed E-state index contributed by atoms with van der Waals surface area (Å²) in [5.74, 6) is 1.62. The first-order valence-corrected chi connectivity index (χ1v) is 5.88. The highest BCUT2D eigenvalue weighted by atomic mass is 79.9. The lowest BCUT2D eigenvalue weighted by Crippen LogP contribution is -2.24. The third kappa shape index (κ3) is 3.66. The number of halogens is 1. The molecule has 5 heteroatoms. The summed E-state index contributed by atoms with van der Waals surface area (Å²) in [4.78, 5) is 8.32. The summed E-state index contributed by atoms with van der Waals surface area (Å²) in [5, 5.41) is 3.24. The van der Waals surface area contributed by atoms with Gasteiger partial charge in [0.15, 0.2) is 0 Å². The maximum Gasteiger partial charge on any atom is 0.225 e. The number of rotatable bonds is 4. The zero-order chi connectivity index (χ0) is 11.4. The van der Waals surface area contributed by atoms with Crippen LogP contribution in [0.2, 0.25) is 0 Å². The molecular weight excluding hydrogens is 256 g/mol. The van der Waals surface area contributed by atoms with Gasteiger partial charge >= 0.3 is 0 Å². The lowest BCUT2D eigenvalue weighted by molar-refractivity contribution is 0.492. The average molecular weight is 273 g/mol. The number of nitrogens with zero attached hydrogens (tertiary/aromatic N) is 2. The molecule has 0 bridgehead atoms. The van der Waals surface area contributed by atoms with E-state index in [0.717, 1.165) is 6.42 Å². The van der Waals surface area contributed by atoms with Crippen LogP contribution in [0.25, 0.3) is 0 Å². The predicted molar refractivity (Wildman–Crippen MR) is 66.7 cm³/mol. The van der Waals surface area contributed by atoms with Crippen LogP contribution in [0.1, 0.15) is 27.2 Å². The Kier molecular flexibility index (Phi) is 4.32. The third-order valence-corrected chi connectivity index (χ3v) is 2.98. The summed E-state index contributed by atoms with van der Waals surface area (Å²) < 4.78 is 0.703. The summed E-state index contributed by atoms with van der Waals surface area (Å²) in [6, 6.07) is 2.02. The Morgan fingerprint density at radius 3 is 2.67 bits per heavy atom. The van der Waals surface area contributed by atoms with Crippen molar-refractivity contribution in [3.63, 3.8) is 0 Å². The van der Waals surface area contributed by atoms with Crippen LogP contribution in [-0.2, 0) is 0 Å². The molecule has 84 valence electrons. The van der Waals surface area contributed by atoms with Gasteiger partial charge in [-0.25, -0.2) is 4.98 Å². The molecule has 0 spiro atoms. The van der Waals surface area contributed by atoms with Crippen molar-refractivity contribution in [1.82, 2.24) is 9.97 Å². The predicted octanol–water partition coefficient (Wildman–Crippen LogP) is 2.67. The molecule has 1 rings (SSSR count). The number of anilines is 2. The van der Waals surface area contributed by atoms with Crippen molar-refractivity contribution in [2.24, 2.45) is 5.92 Å². The molecule has 0 fully saturated rings. The molecule has 1 aromatic rings. The number of nitrogen functional groups attached to an aromatic ring is 1. The quantitative estimate of drug-likeness (QED) is 0.828. The van der Waals surface area contributed by atoms with Crippen molar-refractivity contribution in [2.75, 3.05) is 11.1 Å². The van der Waals surface area contributed by atoms with Gasteiger partial charge < -0.3 is 11.1 Å². The van der Waals surface area contributed by atoms with Crippen molar-refractivity contribution in [2.45, 2.75) is 33.2 Å². The van der Waals surface area contributed by atoms with E-state index in [1.54, 1.807) is 6.07 Å². The summed E-state index contributed by atoms with van der Waals surface area (Å²) in [6.45, 7) is 6.48. The largest absolute Gasteiger partial charge is 0.383 e. The van der Waals surface area contributed by atoms with Crippen molar-refractivity contribution in [1.29, 1.82) is 0 Å². The van der Waals surface area contributed by atoms with Crippen molar-refractivity contribution in [3.8, 4) is 0 Å². The van der Waals surface area contributed by atoms with E-state index in [1.807, 2.05) is 0 Å². The second kappa shape index (κ2) is 5.30. The lowest BCUT2D eigenvalue weighted by Gasteiger charge is -2.19. The Bertz CT molecular complexity index is 309. The zero-order valence-corrected chi connectivity index (χ0v) is 10.9. The topological polar surface area (TPSA) is 63.8 Å². The summed E-state index contributed by atoms with van der Waals surface area (Å²) in [6.07, 6.45) is 1.12. The minimum atomic E-state index is 0.337. The van der Waals surface area contributed by atoms with Crippen LogP contribution in [0.15, 0.2) is 10.7 Å². The highest BCUT2D eigenvalue weighted by Gasteiger charge is 2.11.